The van der Waals surface area contributed by atoms with E-state index in [0.717, 1.165) is 18.5 Å². The Morgan fingerprint density at radius 3 is 2.73 bits per heavy atom. The normalized spacial score (nSPS) is 16.8. The molecule has 0 aromatic heterocycles. The summed E-state index contributed by atoms with van der Waals surface area (Å²) in [5.74, 6) is 0.381. The lowest BCUT2D eigenvalue weighted by Gasteiger charge is -2.27. The zero-order valence-electron chi connectivity index (χ0n) is 8.44. The van der Waals surface area contributed by atoms with Gasteiger partial charge in [0.2, 0.25) is 5.91 Å². The molecule has 0 aliphatic carbocycles. The van der Waals surface area contributed by atoms with E-state index in [4.69, 9.17) is 5.11 Å². The van der Waals surface area contributed by atoms with Gasteiger partial charge in [0, 0.05) is 13.0 Å². The van der Waals surface area contributed by atoms with Crippen LogP contribution in [0.15, 0.2) is 24.3 Å². The number of rotatable bonds is 2. The van der Waals surface area contributed by atoms with Crippen molar-refractivity contribution in [3.05, 3.63) is 29.8 Å². The van der Waals surface area contributed by atoms with E-state index in [2.05, 4.69) is 5.43 Å². The van der Waals surface area contributed by atoms with Crippen LogP contribution in [0.3, 0.4) is 0 Å². The highest BCUT2D eigenvalue weighted by atomic mass is 16.3. The second-order valence-corrected chi connectivity index (χ2v) is 3.66. The molecule has 15 heavy (non-hydrogen) atoms. The molecule has 1 heterocycles. The lowest BCUT2D eigenvalue weighted by molar-refractivity contribution is -0.137. The van der Waals surface area contributed by atoms with Crippen LogP contribution in [0.5, 0.6) is 5.75 Å². The van der Waals surface area contributed by atoms with Crippen LogP contribution in [-0.4, -0.2) is 22.6 Å². The summed E-state index contributed by atoms with van der Waals surface area (Å²) in [6, 6.07) is 6.89. The summed E-state index contributed by atoms with van der Waals surface area (Å²) in [6.07, 6.45) is 1.52. The number of carbonyl (C=O) groups excluding carboxylic acids is 1. The number of hydrogen-bond acceptors (Lipinski definition) is 3. The largest absolute Gasteiger partial charge is 0.508 e. The van der Waals surface area contributed by atoms with E-state index < -0.39 is 0 Å². The van der Waals surface area contributed by atoms with Crippen LogP contribution >= 0.6 is 0 Å². The molecule has 1 saturated heterocycles. The van der Waals surface area contributed by atoms with E-state index in [1.807, 2.05) is 12.1 Å². The van der Waals surface area contributed by atoms with Gasteiger partial charge < -0.3 is 5.11 Å². The Morgan fingerprint density at radius 1 is 1.33 bits per heavy atom. The van der Waals surface area contributed by atoms with Crippen molar-refractivity contribution >= 4 is 5.91 Å². The van der Waals surface area contributed by atoms with Gasteiger partial charge in [-0.3, -0.25) is 9.80 Å². The standard InChI is InChI=1S/C11H14N2O2/c14-10-5-3-9(4-6-10)8-13-11(15)2-1-7-12-13/h3-6,12,14H,1-2,7-8H2. The number of carbonyl (C=O) groups is 1. The average molecular weight is 206 g/mol. The van der Waals surface area contributed by atoms with Crippen molar-refractivity contribution in [3.8, 4) is 5.75 Å². The predicted molar refractivity (Wildman–Crippen MR) is 55.9 cm³/mol. The lowest BCUT2D eigenvalue weighted by atomic mass is 10.2. The molecule has 0 saturated carbocycles. The minimum atomic E-state index is 0.134. The van der Waals surface area contributed by atoms with Gasteiger partial charge in [0.15, 0.2) is 0 Å². The molecule has 0 atom stereocenters. The zero-order valence-corrected chi connectivity index (χ0v) is 8.44. The molecule has 80 valence electrons. The van der Waals surface area contributed by atoms with Gasteiger partial charge in [-0.25, -0.2) is 5.43 Å². The smallest absolute Gasteiger partial charge is 0.237 e. The van der Waals surface area contributed by atoms with E-state index in [9.17, 15) is 4.79 Å². The summed E-state index contributed by atoms with van der Waals surface area (Å²) in [7, 11) is 0. The second kappa shape index (κ2) is 4.31. The molecule has 1 aliphatic rings. The maximum Gasteiger partial charge on any atom is 0.237 e. The summed E-state index contributed by atoms with van der Waals surface area (Å²) in [5.41, 5.74) is 4.06. The lowest BCUT2D eigenvalue weighted by Crippen LogP contribution is -2.46. The van der Waals surface area contributed by atoms with Crippen LogP contribution in [0.1, 0.15) is 18.4 Å². The van der Waals surface area contributed by atoms with Crippen molar-refractivity contribution in [2.24, 2.45) is 0 Å². The number of aromatic hydroxyl groups is 1. The minimum Gasteiger partial charge on any atom is -0.508 e. The van der Waals surface area contributed by atoms with Gasteiger partial charge in [-0.2, -0.15) is 0 Å². The third kappa shape index (κ3) is 2.47. The van der Waals surface area contributed by atoms with E-state index in [0.29, 0.717) is 13.0 Å². The number of nitrogens with one attached hydrogen (secondary N) is 1. The molecule has 1 fully saturated rings. The molecule has 1 aromatic rings. The number of phenols is 1. The third-order valence-electron chi connectivity index (χ3n) is 2.45. The van der Waals surface area contributed by atoms with Gasteiger partial charge in [-0.1, -0.05) is 12.1 Å². The van der Waals surface area contributed by atoms with Crippen LogP contribution in [0.2, 0.25) is 0 Å². The topological polar surface area (TPSA) is 52.6 Å². The molecule has 2 N–H and O–H groups in total. The van der Waals surface area contributed by atoms with Gasteiger partial charge >= 0.3 is 0 Å². The molecule has 1 aromatic carbocycles. The van der Waals surface area contributed by atoms with Gasteiger partial charge in [0.25, 0.3) is 0 Å². The molecule has 1 amide bonds. The average Bonchev–Trinajstić information content (AvgIpc) is 2.25. The highest BCUT2D eigenvalue weighted by Crippen LogP contribution is 2.12. The van der Waals surface area contributed by atoms with Gasteiger partial charge in [-0.15, -0.1) is 0 Å². The molecular formula is C11H14N2O2. The van der Waals surface area contributed by atoms with Gasteiger partial charge in [0.1, 0.15) is 5.75 Å². The van der Waals surface area contributed by atoms with Crippen molar-refractivity contribution in [2.45, 2.75) is 19.4 Å². The molecule has 0 spiro atoms. The van der Waals surface area contributed by atoms with Crippen molar-refractivity contribution < 1.29 is 9.90 Å². The van der Waals surface area contributed by atoms with Crippen LogP contribution in [0, 0.1) is 0 Å². The summed E-state index contributed by atoms with van der Waals surface area (Å²) in [5, 5.41) is 10.8. The minimum absolute atomic E-state index is 0.134. The Balaban J connectivity index is 2.01. The summed E-state index contributed by atoms with van der Waals surface area (Å²) in [6.45, 7) is 1.41. The highest BCUT2D eigenvalue weighted by molar-refractivity contribution is 5.76. The van der Waals surface area contributed by atoms with Crippen LogP contribution in [-0.2, 0) is 11.3 Å². The Labute approximate surface area is 88.5 Å². The molecular weight excluding hydrogens is 192 g/mol. The maximum atomic E-state index is 11.5. The molecule has 0 unspecified atom stereocenters. The van der Waals surface area contributed by atoms with Crippen molar-refractivity contribution in [1.82, 2.24) is 10.4 Å². The second-order valence-electron chi connectivity index (χ2n) is 3.66. The first-order valence-electron chi connectivity index (χ1n) is 5.07. The van der Waals surface area contributed by atoms with E-state index in [-0.39, 0.29) is 11.7 Å². The quantitative estimate of drug-likeness (QED) is 0.759. The molecule has 0 bridgehead atoms. The van der Waals surface area contributed by atoms with Crippen molar-refractivity contribution in [3.63, 3.8) is 0 Å². The maximum absolute atomic E-state index is 11.5. The van der Waals surface area contributed by atoms with E-state index >= 15 is 0 Å². The number of hydrogen-bond donors (Lipinski definition) is 2. The number of nitrogens with zero attached hydrogens (tertiary/aromatic N) is 1. The van der Waals surface area contributed by atoms with Crippen molar-refractivity contribution in [2.75, 3.05) is 6.54 Å². The summed E-state index contributed by atoms with van der Waals surface area (Å²) < 4.78 is 0. The number of benzene rings is 1. The fraction of sp³-hybridized carbons (Fsp3) is 0.364. The first kappa shape index (κ1) is 9.98. The van der Waals surface area contributed by atoms with Gasteiger partial charge in [-0.05, 0) is 24.1 Å². The Hall–Kier alpha value is -1.55. The fourth-order valence-corrected chi connectivity index (χ4v) is 1.60. The fourth-order valence-electron chi connectivity index (χ4n) is 1.60. The Kier molecular flexibility index (Phi) is 2.87. The summed E-state index contributed by atoms with van der Waals surface area (Å²) >= 11 is 0. The SMILES string of the molecule is O=C1CCCNN1Cc1ccc(O)cc1. The van der Waals surface area contributed by atoms with E-state index in [1.165, 1.54) is 0 Å². The number of amides is 1. The Bertz CT molecular complexity index is 348. The van der Waals surface area contributed by atoms with Crippen LogP contribution < -0.4 is 5.43 Å². The monoisotopic (exact) mass is 206 g/mol. The first-order valence-corrected chi connectivity index (χ1v) is 5.07. The number of hydrazine groups is 1. The number of phenolic OH excluding ortho intramolecular Hbond substituents is 1. The highest BCUT2D eigenvalue weighted by Gasteiger charge is 2.17. The van der Waals surface area contributed by atoms with Crippen LogP contribution in [0.4, 0.5) is 0 Å². The molecule has 2 rings (SSSR count). The van der Waals surface area contributed by atoms with Crippen LogP contribution in [0.25, 0.3) is 0 Å². The summed E-state index contributed by atoms with van der Waals surface area (Å²) in [4.78, 5) is 11.5. The molecule has 0 radical (unpaired) electrons. The molecule has 4 nitrogen and oxygen atoms in total. The predicted octanol–water partition coefficient (Wildman–Crippen LogP) is 1.02. The molecule has 4 heteroatoms. The molecule has 1 aliphatic heterocycles. The van der Waals surface area contributed by atoms with E-state index in [1.54, 1.807) is 17.1 Å². The Morgan fingerprint density at radius 2 is 2.07 bits per heavy atom. The third-order valence-corrected chi connectivity index (χ3v) is 2.45. The van der Waals surface area contributed by atoms with Crippen molar-refractivity contribution in [1.29, 1.82) is 0 Å². The zero-order chi connectivity index (χ0) is 10.7. The van der Waals surface area contributed by atoms with Gasteiger partial charge in [0.05, 0.1) is 6.54 Å². The first-order chi connectivity index (χ1) is 7.25.